The maximum atomic E-state index is 4.75. The highest BCUT2D eigenvalue weighted by Gasteiger charge is 2.19. The zero-order valence-electron chi connectivity index (χ0n) is 16.2. The van der Waals surface area contributed by atoms with E-state index in [1.165, 1.54) is 50.9 Å². The second-order valence-electron chi connectivity index (χ2n) is 6.93. The zero-order valence-corrected chi connectivity index (χ0v) is 16.2. The Morgan fingerprint density at radius 1 is 1.28 bits per heavy atom. The third-order valence-electron chi connectivity index (χ3n) is 4.74. The van der Waals surface area contributed by atoms with Gasteiger partial charge < -0.3 is 15.5 Å². The average Bonchev–Trinajstić information content (AvgIpc) is 2.63. The summed E-state index contributed by atoms with van der Waals surface area (Å²) >= 11 is 0. The van der Waals surface area contributed by atoms with Crippen LogP contribution in [-0.4, -0.2) is 54.6 Å². The lowest BCUT2D eigenvalue weighted by atomic mass is 10.0. The van der Waals surface area contributed by atoms with Gasteiger partial charge in [-0.1, -0.05) is 19.4 Å². The van der Waals surface area contributed by atoms with Gasteiger partial charge in [0.1, 0.15) is 0 Å². The first kappa shape index (κ1) is 19.7. The van der Waals surface area contributed by atoms with Crippen molar-refractivity contribution in [3.8, 4) is 0 Å². The van der Waals surface area contributed by atoms with Crippen molar-refractivity contribution in [1.82, 2.24) is 20.5 Å². The molecule has 25 heavy (non-hydrogen) atoms. The van der Waals surface area contributed by atoms with Crippen LogP contribution in [-0.2, 0) is 6.42 Å². The fourth-order valence-corrected chi connectivity index (χ4v) is 3.14. The van der Waals surface area contributed by atoms with Crippen LogP contribution in [0.5, 0.6) is 0 Å². The molecule has 5 heteroatoms. The molecular formula is C20H35N5. The van der Waals surface area contributed by atoms with Gasteiger partial charge >= 0.3 is 0 Å². The summed E-state index contributed by atoms with van der Waals surface area (Å²) in [6.07, 6.45) is 7.89. The number of nitrogens with one attached hydrogen (secondary N) is 2. The molecule has 5 nitrogen and oxygen atoms in total. The lowest BCUT2D eigenvalue weighted by Gasteiger charge is -2.33. The van der Waals surface area contributed by atoms with E-state index in [4.69, 9.17) is 4.99 Å². The Kier molecular flexibility index (Phi) is 8.73. The number of aliphatic imine (C=N–C) groups is 1. The Morgan fingerprint density at radius 2 is 2.08 bits per heavy atom. The average molecular weight is 346 g/mol. The van der Waals surface area contributed by atoms with Gasteiger partial charge in [0.25, 0.3) is 0 Å². The number of unbranched alkanes of at least 4 members (excludes halogenated alkanes) is 1. The Bertz CT molecular complexity index is 503. The van der Waals surface area contributed by atoms with Crippen LogP contribution in [0.25, 0.3) is 0 Å². The molecule has 0 bridgehead atoms. The van der Waals surface area contributed by atoms with Crippen molar-refractivity contribution in [3.63, 3.8) is 0 Å². The summed E-state index contributed by atoms with van der Waals surface area (Å²) in [4.78, 5) is 11.7. The third-order valence-corrected chi connectivity index (χ3v) is 4.74. The molecular weight excluding hydrogens is 310 g/mol. The number of aromatic nitrogens is 1. The first-order valence-corrected chi connectivity index (χ1v) is 9.90. The van der Waals surface area contributed by atoms with E-state index in [-0.39, 0.29) is 0 Å². The quantitative estimate of drug-likeness (QED) is 0.562. The fraction of sp³-hybridized carbons (Fsp3) is 0.700. The number of likely N-dealkylation sites (tertiary alicyclic amines) is 1. The van der Waals surface area contributed by atoms with Crippen molar-refractivity contribution >= 4 is 5.96 Å². The van der Waals surface area contributed by atoms with Gasteiger partial charge in [-0.25, -0.2) is 0 Å². The third kappa shape index (κ3) is 7.43. The van der Waals surface area contributed by atoms with Crippen LogP contribution in [0, 0.1) is 6.92 Å². The van der Waals surface area contributed by atoms with E-state index >= 15 is 0 Å². The molecule has 0 atom stereocenters. The number of pyridine rings is 1. The second-order valence-corrected chi connectivity index (χ2v) is 6.93. The second kappa shape index (κ2) is 11.1. The lowest BCUT2D eigenvalue weighted by molar-refractivity contribution is 0.203. The maximum Gasteiger partial charge on any atom is 0.191 e. The van der Waals surface area contributed by atoms with Gasteiger partial charge in [0, 0.05) is 44.1 Å². The zero-order chi connectivity index (χ0) is 17.9. The SMILES string of the molecule is CCCCN1CCC(NC(=NCCc2ccc(C)nc2)NCC)CC1. The van der Waals surface area contributed by atoms with Gasteiger partial charge in [-0.2, -0.15) is 0 Å². The molecule has 1 aliphatic heterocycles. The number of rotatable bonds is 8. The summed E-state index contributed by atoms with van der Waals surface area (Å²) in [5.41, 5.74) is 2.31. The van der Waals surface area contributed by atoms with Crippen molar-refractivity contribution < 1.29 is 0 Å². The molecule has 1 aromatic heterocycles. The van der Waals surface area contributed by atoms with Gasteiger partial charge in [0.2, 0.25) is 0 Å². The molecule has 0 unspecified atom stereocenters. The van der Waals surface area contributed by atoms with Crippen LogP contribution < -0.4 is 10.6 Å². The highest BCUT2D eigenvalue weighted by Crippen LogP contribution is 2.11. The van der Waals surface area contributed by atoms with Gasteiger partial charge in [-0.15, -0.1) is 0 Å². The van der Waals surface area contributed by atoms with Gasteiger partial charge in [-0.3, -0.25) is 9.98 Å². The van der Waals surface area contributed by atoms with E-state index in [1.807, 2.05) is 13.1 Å². The molecule has 0 saturated carbocycles. The summed E-state index contributed by atoms with van der Waals surface area (Å²) in [5, 5.41) is 7.01. The van der Waals surface area contributed by atoms with Crippen molar-refractivity contribution in [2.75, 3.05) is 32.7 Å². The minimum Gasteiger partial charge on any atom is -0.357 e. The van der Waals surface area contributed by atoms with Crippen LogP contribution in [0.4, 0.5) is 0 Å². The van der Waals surface area contributed by atoms with E-state index in [0.717, 1.165) is 31.2 Å². The molecule has 0 radical (unpaired) electrons. The molecule has 0 spiro atoms. The van der Waals surface area contributed by atoms with Crippen molar-refractivity contribution in [3.05, 3.63) is 29.6 Å². The predicted octanol–water partition coefficient (Wildman–Crippen LogP) is 2.75. The molecule has 140 valence electrons. The van der Waals surface area contributed by atoms with E-state index in [1.54, 1.807) is 0 Å². The smallest absolute Gasteiger partial charge is 0.191 e. The first-order chi connectivity index (χ1) is 12.2. The molecule has 1 aliphatic rings. The van der Waals surface area contributed by atoms with E-state index < -0.39 is 0 Å². The van der Waals surface area contributed by atoms with Crippen LogP contribution in [0.3, 0.4) is 0 Å². The Hall–Kier alpha value is -1.62. The predicted molar refractivity (Wildman–Crippen MR) is 106 cm³/mol. The molecule has 0 aromatic carbocycles. The summed E-state index contributed by atoms with van der Waals surface area (Å²) in [5.74, 6) is 0.953. The van der Waals surface area contributed by atoms with Crippen molar-refractivity contribution in [2.45, 2.75) is 58.9 Å². The Morgan fingerprint density at radius 3 is 2.72 bits per heavy atom. The molecule has 2 rings (SSSR count). The normalized spacial score (nSPS) is 16.8. The fourth-order valence-electron chi connectivity index (χ4n) is 3.14. The highest BCUT2D eigenvalue weighted by molar-refractivity contribution is 5.80. The van der Waals surface area contributed by atoms with E-state index in [0.29, 0.717) is 6.04 Å². The number of nitrogens with zero attached hydrogens (tertiary/aromatic N) is 3. The van der Waals surface area contributed by atoms with Crippen LogP contribution in [0.15, 0.2) is 23.3 Å². The largest absolute Gasteiger partial charge is 0.357 e. The van der Waals surface area contributed by atoms with Gasteiger partial charge in [0.05, 0.1) is 0 Å². The number of aryl methyl sites for hydroxylation is 1. The van der Waals surface area contributed by atoms with Crippen LogP contribution in [0.2, 0.25) is 0 Å². The van der Waals surface area contributed by atoms with Crippen LogP contribution in [0.1, 0.15) is 50.8 Å². The van der Waals surface area contributed by atoms with Crippen molar-refractivity contribution in [2.24, 2.45) is 4.99 Å². The number of hydrogen-bond donors (Lipinski definition) is 2. The number of piperidine rings is 1. The molecule has 2 heterocycles. The molecule has 0 aliphatic carbocycles. The highest BCUT2D eigenvalue weighted by atomic mass is 15.2. The van der Waals surface area contributed by atoms with Crippen molar-refractivity contribution in [1.29, 1.82) is 0 Å². The molecule has 2 N–H and O–H groups in total. The molecule has 1 aromatic rings. The monoisotopic (exact) mass is 345 g/mol. The molecule has 0 amide bonds. The summed E-state index contributed by atoms with van der Waals surface area (Å²) in [6.45, 7) is 11.7. The van der Waals surface area contributed by atoms with Gasteiger partial charge in [-0.05, 0) is 57.7 Å². The summed E-state index contributed by atoms with van der Waals surface area (Å²) in [7, 11) is 0. The first-order valence-electron chi connectivity index (χ1n) is 9.90. The number of guanidine groups is 1. The van der Waals surface area contributed by atoms with Gasteiger partial charge in [0.15, 0.2) is 5.96 Å². The minimum absolute atomic E-state index is 0.539. The van der Waals surface area contributed by atoms with E-state index in [2.05, 4.69) is 46.5 Å². The van der Waals surface area contributed by atoms with Crippen LogP contribution >= 0.6 is 0 Å². The molecule has 1 saturated heterocycles. The summed E-state index contributed by atoms with van der Waals surface area (Å²) < 4.78 is 0. The minimum atomic E-state index is 0.539. The number of hydrogen-bond acceptors (Lipinski definition) is 3. The Balaban J connectivity index is 1.76. The summed E-state index contributed by atoms with van der Waals surface area (Å²) in [6, 6.07) is 4.75. The lowest BCUT2D eigenvalue weighted by Crippen LogP contribution is -2.48. The molecule has 1 fully saturated rings. The standard InChI is InChI=1S/C20H35N5/c1-4-6-13-25-14-10-19(11-15-25)24-20(21-5-2)22-12-9-18-8-7-17(3)23-16-18/h7-8,16,19H,4-6,9-15H2,1-3H3,(H2,21,22,24). The maximum absolute atomic E-state index is 4.75. The van der Waals surface area contributed by atoms with E-state index in [9.17, 15) is 0 Å². The Labute approximate surface area is 153 Å². The topological polar surface area (TPSA) is 52.5 Å².